The predicted molar refractivity (Wildman–Crippen MR) is 92.4 cm³/mol. The highest BCUT2D eigenvalue weighted by Crippen LogP contribution is 2.29. The molecule has 0 radical (unpaired) electrons. The van der Waals surface area contributed by atoms with Crippen LogP contribution in [0.2, 0.25) is 0 Å². The van der Waals surface area contributed by atoms with Gasteiger partial charge in [0.1, 0.15) is 5.52 Å². The fourth-order valence-electron chi connectivity index (χ4n) is 2.64. The van der Waals surface area contributed by atoms with E-state index in [-0.39, 0.29) is 0 Å². The average Bonchev–Trinajstić information content (AvgIpc) is 2.92. The van der Waals surface area contributed by atoms with E-state index in [0.717, 1.165) is 34.5 Å². The number of rotatable bonds is 4. The number of hydrogen-bond donors (Lipinski definition) is 1. The van der Waals surface area contributed by atoms with Crippen LogP contribution in [0.15, 0.2) is 40.8 Å². The highest BCUT2D eigenvalue weighted by atomic mass is 16.3. The monoisotopic (exact) mass is 294 g/mol. The molecule has 0 aliphatic rings. The van der Waals surface area contributed by atoms with Gasteiger partial charge in [-0.15, -0.1) is 0 Å². The number of fused-ring (bicyclic) bond motifs is 1. The molecule has 0 aliphatic heterocycles. The summed E-state index contributed by atoms with van der Waals surface area (Å²) in [5.41, 5.74) is 6.30. The number of oxazole rings is 1. The molecule has 0 fully saturated rings. The summed E-state index contributed by atoms with van der Waals surface area (Å²) in [4.78, 5) is 4.65. The summed E-state index contributed by atoms with van der Waals surface area (Å²) in [7, 11) is 0. The zero-order chi connectivity index (χ0) is 15.7. The van der Waals surface area contributed by atoms with Crippen molar-refractivity contribution in [3.63, 3.8) is 0 Å². The number of nitrogens with zero attached hydrogens (tertiary/aromatic N) is 1. The highest BCUT2D eigenvalue weighted by molar-refractivity contribution is 5.83. The Kier molecular flexibility index (Phi) is 3.88. The Hall–Kier alpha value is -2.29. The highest BCUT2D eigenvalue weighted by Gasteiger charge is 2.11. The molecule has 0 spiro atoms. The molecule has 0 aliphatic carbocycles. The molecular formula is C19H22N2O. The zero-order valence-electron chi connectivity index (χ0n) is 13.6. The zero-order valence-corrected chi connectivity index (χ0v) is 13.6. The fraction of sp³-hybridized carbons (Fsp3) is 0.316. The van der Waals surface area contributed by atoms with Crippen LogP contribution in [-0.2, 0) is 0 Å². The van der Waals surface area contributed by atoms with Crippen molar-refractivity contribution in [2.75, 3.05) is 11.9 Å². The molecule has 2 aromatic carbocycles. The summed E-state index contributed by atoms with van der Waals surface area (Å²) in [6.07, 6.45) is 0. The van der Waals surface area contributed by atoms with Crippen LogP contribution in [0.4, 0.5) is 5.69 Å². The third-order valence-corrected chi connectivity index (χ3v) is 3.88. The lowest BCUT2D eigenvalue weighted by atomic mass is 10.0. The first-order chi connectivity index (χ1) is 10.6. The third kappa shape index (κ3) is 2.71. The quantitative estimate of drug-likeness (QED) is 0.704. The molecule has 1 N–H and O–H groups in total. The molecule has 3 heteroatoms. The summed E-state index contributed by atoms with van der Waals surface area (Å²) in [6.45, 7) is 9.43. The van der Waals surface area contributed by atoms with E-state index >= 15 is 0 Å². The van der Waals surface area contributed by atoms with Gasteiger partial charge in [-0.3, -0.25) is 0 Å². The van der Waals surface area contributed by atoms with E-state index in [4.69, 9.17) is 4.42 Å². The maximum Gasteiger partial charge on any atom is 0.227 e. The molecule has 3 rings (SSSR count). The van der Waals surface area contributed by atoms with Gasteiger partial charge in [-0.1, -0.05) is 26.0 Å². The van der Waals surface area contributed by atoms with Crippen molar-refractivity contribution in [3.8, 4) is 11.5 Å². The summed E-state index contributed by atoms with van der Waals surface area (Å²) < 4.78 is 5.98. The molecule has 1 aromatic heterocycles. The first-order valence-corrected chi connectivity index (χ1v) is 7.84. The number of benzene rings is 2. The molecular weight excluding hydrogens is 272 g/mol. The fourth-order valence-corrected chi connectivity index (χ4v) is 2.64. The second-order valence-corrected chi connectivity index (χ2v) is 5.97. The Morgan fingerprint density at radius 1 is 1.14 bits per heavy atom. The maximum atomic E-state index is 5.98. The average molecular weight is 294 g/mol. The lowest BCUT2D eigenvalue weighted by molar-refractivity contribution is 0.617. The minimum Gasteiger partial charge on any atom is -0.436 e. The summed E-state index contributed by atoms with van der Waals surface area (Å²) >= 11 is 0. The smallest absolute Gasteiger partial charge is 0.227 e. The van der Waals surface area contributed by atoms with E-state index in [1.54, 1.807) is 0 Å². The van der Waals surface area contributed by atoms with Crippen molar-refractivity contribution < 1.29 is 4.42 Å². The summed E-state index contributed by atoms with van der Waals surface area (Å²) in [5, 5.41) is 3.33. The van der Waals surface area contributed by atoms with Crippen LogP contribution < -0.4 is 5.32 Å². The lowest BCUT2D eigenvalue weighted by Crippen LogP contribution is -1.96. The van der Waals surface area contributed by atoms with Crippen molar-refractivity contribution in [1.29, 1.82) is 0 Å². The Bertz CT molecular complexity index is 785. The van der Waals surface area contributed by atoms with Gasteiger partial charge in [0.05, 0.1) is 0 Å². The molecule has 0 saturated carbocycles. The molecule has 0 amide bonds. The third-order valence-electron chi connectivity index (χ3n) is 3.88. The van der Waals surface area contributed by atoms with Gasteiger partial charge in [-0.2, -0.15) is 0 Å². The first kappa shape index (κ1) is 14.6. The summed E-state index contributed by atoms with van der Waals surface area (Å²) in [6, 6.07) is 12.6. The largest absolute Gasteiger partial charge is 0.436 e. The van der Waals surface area contributed by atoms with Crippen LogP contribution in [-0.4, -0.2) is 11.5 Å². The van der Waals surface area contributed by atoms with Gasteiger partial charge in [-0.05, 0) is 55.2 Å². The number of hydrogen-bond acceptors (Lipinski definition) is 3. The Labute approximate surface area is 131 Å². The Balaban J connectivity index is 2.02. The molecule has 3 nitrogen and oxygen atoms in total. The van der Waals surface area contributed by atoms with Crippen molar-refractivity contribution in [2.45, 2.75) is 33.6 Å². The molecule has 0 saturated heterocycles. The van der Waals surface area contributed by atoms with Gasteiger partial charge in [0.25, 0.3) is 0 Å². The van der Waals surface area contributed by atoms with Gasteiger partial charge >= 0.3 is 0 Å². The van der Waals surface area contributed by atoms with Crippen LogP contribution in [0.5, 0.6) is 0 Å². The van der Waals surface area contributed by atoms with Gasteiger partial charge < -0.3 is 9.73 Å². The summed E-state index contributed by atoms with van der Waals surface area (Å²) in [5.74, 6) is 1.21. The van der Waals surface area contributed by atoms with Gasteiger partial charge in [-0.25, -0.2) is 4.98 Å². The van der Waals surface area contributed by atoms with E-state index in [9.17, 15) is 0 Å². The normalized spacial score (nSPS) is 11.3. The Morgan fingerprint density at radius 3 is 2.50 bits per heavy atom. The van der Waals surface area contributed by atoms with E-state index in [2.05, 4.69) is 68.3 Å². The van der Waals surface area contributed by atoms with Crippen LogP contribution in [0.25, 0.3) is 22.6 Å². The molecule has 0 bridgehead atoms. The molecule has 3 aromatic rings. The van der Waals surface area contributed by atoms with Gasteiger partial charge in [0.2, 0.25) is 5.89 Å². The standard InChI is InChI=1S/C19H22N2O/c1-5-20-16-10-13(4)18-17(11-16)21-19(22-18)15-8-6-14(7-9-15)12(2)3/h6-12,20H,5H2,1-4H3. The second kappa shape index (κ2) is 5.84. The van der Waals surface area contributed by atoms with E-state index in [1.165, 1.54) is 5.56 Å². The van der Waals surface area contributed by atoms with Crippen LogP contribution in [0, 0.1) is 6.92 Å². The minimum absolute atomic E-state index is 0.530. The van der Waals surface area contributed by atoms with Crippen molar-refractivity contribution >= 4 is 16.8 Å². The SMILES string of the molecule is CCNc1cc(C)c2oc(-c3ccc(C(C)C)cc3)nc2c1. The van der Waals surface area contributed by atoms with Gasteiger partial charge in [0.15, 0.2) is 5.58 Å². The van der Waals surface area contributed by atoms with Crippen LogP contribution >= 0.6 is 0 Å². The van der Waals surface area contributed by atoms with E-state index in [1.807, 2.05) is 6.07 Å². The molecule has 0 atom stereocenters. The van der Waals surface area contributed by atoms with E-state index < -0.39 is 0 Å². The second-order valence-electron chi connectivity index (χ2n) is 5.97. The molecule has 114 valence electrons. The van der Waals surface area contributed by atoms with Crippen molar-refractivity contribution in [2.24, 2.45) is 0 Å². The molecule has 1 heterocycles. The number of aromatic nitrogens is 1. The predicted octanol–water partition coefficient (Wildman–Crippen LogP) is 5.36. The number of aryl methyl sites for hydroxylation is 1. The minimum atomic E-state index is 0.530. The van der Waals surface area contributed by atoms with Crippen molar-refractivity contribution in [1.82, 2.24) is 4.98 Å². The first-order valence-electron chi connectivity index (χ1n) is 7.84. The van der Waals surface area contributed by atoms with Crippen LogP contribution in [0.1, 0.15) is 37.8 Å². The Morgan fingerprint density at radius 2 is 1.86 bits per heavy atom. The molecule has 22 heavy (non-hydrogen) atoms. The molecule has 0 unspecified atom stereocenters. The number of anilines is 1. The van der Waals surface area contributed by atoms with Crippen LogP contribution in [0.3, 0.4) is 0 Å². The number of nitrogens with one attached hydrogen (secondary N) is 1. The maximum absolute atomic E-state index is 5.98. The lowest BCUT2D eigenvalue weighted by Gasteiger charge is -2.04. The van der Waals surface area contributed by atoms with E-state index in [0.29, 0.717) is 11.8 Å². The topological polar surface area (TPSA) is 38.1 Å². The van der Waals surface area contributed by atoms with Gasteiger partial charge in [0, 0.05) is 17.8 Å². The van der Waals surface area contributed by atoms with Crippen molar-refractivity contribution in [3.05, 3.63) is 47.5 Å².